The lowest BCUT2D eigenvalue weighted by Crippen LogP contribution is -2.16. The molecule has 0 saturated heterocycles. The largest absolute Gasteiger partial charge is 0.497 e. The van der Waals surface area contributed by atoms with Crippen molar-refractivity contribution in [2.45, 2.75) is 45.1 Å². The molecule has 1 aromatic carbocycles. The summed E-state index contributed by atoms with van der Waals surface area (Å²) in [5.74, 6) is 4.09. The van der Waals surface area contributed by atoms with Gasteiger partial charge >= 0.3 is 0 Å². The van der Waals surface area contributed by atoms with Gasteiger partial charge in [-0.05, 0) is 30.5 Å². The van der Waals surface area contributed by atoms with Crippen molar-refractivity contribution >= 4 is 27.5 Å². The zero-order chi connectivity index (χ0) is 16.9. The molecule has 126 valence electrons. The van der Waals surface area contributed by atoms with E-state index in [-0.39, 0.29) is 5.91 Å². The van der Waals surface area contributed by atoms with Crippen LogP contribution in [-0.2, 0) is 11.3 Å². The van der Waals surface area contributed by atoms with E-state index >= 15 is 0 Å². The number of fused-ring (bicyclic) bond motifs is 1. The number of rotatable bonds is 5. The van der Waals surface area contributed by atoms with E-state index in [0.29, 0.717) is 23.7 Å². The topological polar surface area (TPSA) is 43.6 Å². The zero-order valence-electron chi connectivity index (χ0n) is 14.0. The minimum absolute atomic E-state index is 0.0498. The molecule has 5 heteroatoms. The smallest absolute Gasteiger partial charge is 0.248 e. The van der Waals surface area contributed by atoms with E-state index < -0.39 is 0 Å². The van der Waals surface area contributed by atoms with Crippen molar-refractivity contribution in [2.75, 3.05) is 7.11 Å². The predicted octanol–water partition coefficient (Wildman–Crippen LogP) is 3.74. The average molecular weight is 342 g/mol. The standard InChI is InChI=1S/C19H22N2O2S/c1-3-12-21-16-10-9-15(23-2)13-17(16)24-19(21)20-18(22)11-8-14-6-4-5-7-14/h1,9-10,13-14H,4-8,11-12H2,2H3. The summed E-state index contributed by atoms with van der Waals surface area (Å²) in [6, 6.07) is 5.81. The van der Waals surface area contributed by atoms with Crippen molar-refractivity contribution in [1.29, 1.82) is 0 Å². The molecular weight excluding hydrogens is 320 g/mol. The summed E-state index contributed by atoms with van der Waals surface area (Å²) in [6.45, 7) is 0.404. The number of methoxy groups -OCH3 is 1. The van der Waals surface area contributed by atoms with Gasteiger partial charge < -0.3 is 9.30 Å². The molecule has 4 nitrogen and oxygen atoms in total. The highest BCUT2D eigenvalue weighted by Gasteiger charge is 2.16. The minimum Gasteiger partial charge on any atom is -0.497 e. The van der Waals surface area contributed by atoms with Crippen LogP contribution in [0, 0.1) is 18.3 Å². The molecule has 2 aromatic rings. The maximum atomic E-state index is 12.3. The number of thiazole rings is 1. The minimum atomic E-state index is -0.0498. The fourth-order valence-corrected chi connectivity index (χ4v) is 4.37. The van der Waals surface area contributed by atoms with Crippen LogP contribution in [0.4, 0.5) is 0 Å². The van der Waals surface area contributed by atoms with Gasteiger partial charge in [0.2, 0.25) is 5.91 Å². The Morgan fingerprint density at radius 1 is 1.46 bits per heavy atom. The van der Waals surface area contributed by atoms with Crippen molar-refractivity contribution in [1.82, 2.24) is 4.57 Å². The molecule has 1 aliphatic carbocycles. The normalized spacial score (nSPS) is 15.8. The molecule has 0 unspecified atom stereocenters. The Kier molecular flexibility index (Phi) is 5.37. The van der Waals surface area contributed by atoms with Crippen LogP contribution in [0.15, 0.2) is 23.2 Å². The van der Waals surface area contributed by atoms with Gasteiger partial charge in [-0.1, -0.05) is 42.9 Å². The first kappa shape index (κ1) is 16.8. The molecule has 1 aromatic heterocycles. The van der Waals surface area contributed by atoms with Crippen LogP contribution >= 0.6 is 11.3 Å². The van der Waals surface area contributed by atoms with Crippen LogP contribution in [0.25, 0.3) is 10.2 Å². The third kappa shape index (κ3) is 3.70. The maximum absolute atomic E-state index is 12.3. The zero-order valence-corrected chi connectivity index (χ0v) is 14.8. The lowest BCUT2D eigenvalue weighted by molar-refractivity contribution is -0.118. The molecular formula is C19H22N2O2S. The van der Waals surface area contributed by atoms with Gasteiger partial charge in [-0.25, -0.2) is 0 Å². The van der Waals surface area contributed by atoms with Gasteiger partial charge in [-0.3, -0.25) is 4.79 Å². The molecule has 0 bridgehead atoms. The van der Waals surface area contributed by atoms with Crippen molar-refractivity contribution in [2.24, 2.45) is 10.9 Å². The number of benzene rings is 1. The van der Waals surface area contributed by atoms with Gasteiger partial charge in [-0.2, -0.15) is 4.99 Å². The van der Waals surface area contributed by atoms with Crippen LogP contribution in [0.3, 0.4) is 0 Å². The van der Waals surface area contributed by atoms with Gasteiger partial charge in [0.25, 0.3) is 0 Å². The molecule has 1 saturated carbocycles. The van der Waals surface area contributed by atoms with Crippen LogP contribution < -0.4 is 9.54 Å². The Morgan fingerprint density at radius 2 is 2.25 bits per heavy atom. The molecule has 1 heterocycles. The van der Waals surface area contributed by atoms with E-state index in [1.165, 1.54) is 37.0 Å². The third-order valence-corrected chi connectivity index (χ3v) is 5.64. The highest BCUT2D eigenvalue weighted by molar-refractivity contribution is 7.16. The molecule has 24 heavy (non-hydrogen) atoms. The fourth-order valence-electron chi connectivity index (χ4n) is 3.30. The van der Waals surface area contributed by atoms with Crippen LogP contribution in [0.1, 0.15) is 38.5 Å². The predicted molar refractivity (Wildman–Crippen MR) is 97.0 cm³/mol. The Hall–Kier alpha value is -2.06. The van der Waals surface area contributed by atoms with E-state index in [9.17, 15) is 4.79 Å². The Balaban J connectivity index is 1.87. The first-order valence-corrected chi connectivity index (χ1v) is 9.21. The summed E-state index contributed by atoms with van der Waals surface area (Å²) in [4.78, 5) is 17.3. The lowest BCUT2D eigenvalue weighted by atomic mass is 10.0. The molecule has 0 N–H and O–H groups in total. The average Bonchev–Trinajstić information content (AvgIpc) is 3.21. The second-order valence-electron chi connectivity index (χ2n) is 6.20. The number of terminal acetylenes is 1. The number of nitrogens with zero attached hydrogens (tertiary/aromatic N) is 2. The van der Waals surface area contributed by atoms with Gasteiger partial charge in [0.15, 0.2) is 4.80 Å². The quantitative estimate of drug-likeness (QED) is 0.777. The Bertz CT molecular complexity index is 835. The molecule has 1 amide bonds. The van der Waals surface area contributed by atoms with E-state index in [0.717, 1.165) is 22.4 Å². The summed E-state index contributed by atoms with van der Waals surface area (Å²) in [7, 11) is 1.64. The summed E-state index contributed by atoms with van der Waals surface area (Å²) in [6.07, 6.45) is 12.1. The second-order valence-corrected chi connectivity index (χ2v) is 7.21. The van der Waals surface area contributed by atoms with Crippen molar-refractivity contribution in [3.8, 4) is 18.1 Å². The fraction of sp³-hybridized carbons (Fsp3) is 0.474. The number of hydrogen-bond acceptors (Lipinski definition) is 3. The highest BCUT2D eigenvalue weighted by atomic mass is 32.1. The Labute approximate surface area is 146 Å². The molecule has 1 aliphatic rings. The van der Waals surface area contributed by atoms with Gasteiger partial charge in [0.05, 0.1) is 23.9 Å². The lowest BCUT2D eigenvalue weighted by Gasteiger charge is -2.05. The van der Waals surface area contributed by atoms with E-state index in [1.807, 2.05) is 22.8 Å². The molecule has 3 rings (SSSR count). The molecule has 0 aliphatic heterocycles. The third-order valence-electron chi connectivity index (χ3n) is 4.60. The SMILES string of the molecule is C#CCn1c(=NC(=O)CCC2CCCC2)sc2cc(OC)ccc21. The van der Waals surface area contributed by atoms with E-state index in [1.54, 1.807) is 7.11 Å². The summed E-state index contributed by atoms with van der Waals surface area (Å²) in [5, 5.41) is 0. The number of hydrogen-bond donors (Lipinski definition) is 0. The van der Waals surface area contributed by atoms with Crippen molar-refractivity contribution < 1.29 is 9.53 Å². The second kappa shape index (κ2) is 7.67. The number of carbonyl (C=O) groups is 1. The molecule has 1 fully saturated rings. The summed E-state index contributed by atoms with van der Waals surface area (Å²) < 4.78 is 8.21. The van der Waals surface area contributed by atoms with Gasteiger partial charge in [-0.15, -0.1) is 6.42 Å². The molecule has 0 spiro atoms. The van der Waals surface area contributed by atoms with Crippen LogP contribution in [0.2, 0.25) is 0 Å². The summed E-state index contributed by atoms with van der Waals surface area (Å²) >= 11 is 1.48. The molecule has 0 atom stereocenters. The van der Waals surface area contributed by atoms with Crippen molar-refractivity contribution in [3.05, 3.63) is 23.0 Å². The van der Waals surface area contributed by atoms with Crippen LogP contribution in [0.5, 0.6) is 5.75 Å². The summed E-state index contributed by atoms with van der Waals surface area (Å²) in [5.41, 5.74) is 0.987. The van der Waals surface area contributed by atoms with E-state index in [4.69, 9.17) is 11.2 Å². The van der Waals surface area contributed by atoms with Gasteiger partial charge in [0.1, 0.15) is 5.75 Å². The monoisotopic (exact) mass is 342 g/mol. The van der Waals surface area contributed by atoms with Gasteiger partial charge in [0, 0.05) is 6.42 Å². The number of ether oxygens (including phenoxy) is 1. The van der Waals surface area contributed by atoms with Crippen LogP contribution in [-0.4, -0.2) is 17.6 Å². The number of amides is 1. The first-order valence-electron chi connectivity index (χ1n) is 8.39. The number of carbonyl (C=O) groups excluding carboxylic acids is 1. The first-order chi connectivity index (χ1) is 11.7. The van der Waals surface area contributed by atoms with Crippen molar-refractivity contribution in [3.63, 3.8) is 0 Å². The van der Waals surface area contributed by atoms with E-state index in [2.05, 4.69) is 10.9 Å². The highest BCUT2D eigenvalue weighted by Crippen LogP contribution is 2.28. The Morgan fingerprint density at radius 3 is 2.96 bits per heavy atom. The number of aromatic nitrogens is 1. The molecule has 0 radical (unpaired) electrons. The maximum Gasteiger partial charge on any atom is 0.248 e.